The van der Waals surface area contributed by atoms with E-state index in [1.807, 2.05) is 0 Å². The van der Waals surface area contributed by atoms with Gasteiger partial charge in [0.05, 0.1) is 0 Å². The third-order valence-corrected chi connectivity index (χ3v) is 3.15. The predicted molar refractivity (Wildman–Crippen MR) is 63.4 cm³/mol. The first-order valence-corrected chi connectivity index (χ1v) is 6.35. The molecular formula is C13H28O. The van der Waals surface area contributed by atoms with Crippen molar-refractivity contribution in [2.24, 2.45) is 11.8 Å². The van der Waals surface area contributed by atoms with Crippen LogP contribution < -0.4 is 0 Å². The van der Waals surface area contributed by atoms with Crippen molar-refractivity contribution >= 4 is 0 Å². The van der Waals surface area contributed by atoms with Gasteiger partial charge in [0.15, 0.2) is 0 Å². The summed E-state index contributed by atoms with van der Waals surface area (Å²) in [6, 6.07) is 0. The van der Waals surface area contributed by atoms with Crippen LogP contribution in [0, 0.1) is 11.8 Å². The van der Waals surface area contributed by atoms with E-state index in [0.717, 1.165) is 5.92 Å². The van der Waals surface area contributed by atoms with Gasteiger partial charge in [0.25, 0.3) is 0 Å². The fourth-order valence-corrected chi connectivity index (χ4v) is 1.98. The summed E-state index contributed by atoms with van der Waals surface area (Å²) in [4.78, 5) is 0. The van der Waals surface area contributed by atoms with Gasteiger partial charge in [-0.25, -0.2) is 0 Å². The van der Waals surface area contributed by atoms with Crippen molar-refractivity contribution in [2.45, 2.75) is 65.7 Å². The van der Waals surface area contributed by atoms with Crippen molar-refractivity contribution in [2.75, 3.05) is 6.61 Å². The number of hydrogen-bond donors (Lipinski definition) is 1. The molecule has 0 radical (unpaired) electrons. The largest absolute Gasteiger partial charge is 0.396 e. The topological polar surface area (TPSA) is 20.2 Å². The molecule has 14 heavy (non-hydrogen) atoms. The molecule has 86 valence electrons. The van der Waals surface area contributed by atoms with E-state index in [1.165, 1.54) is 44.9 Å². The maximum absolute atomic E-state index is 8.87. The highest BCUT2D eigenvalue weighted by Crippen LogP contribution is 2.19. The Balaban J connectivity index is 3.32. The summed E-state index contributed by atoms with van der Waals surface area (Å²) < 4.78 is 0. The van der Waals surface area contributed by atoms with Crippen LogP contribution in [0.1, 0.15) is 65.7 Å². The van der Waals surface area contributed by atoms with E-state index in [-0.39, 0.29) is 0 Å². The first kappa shape index (κ1) is 14.0. The molecule has 0 amide bonds. The minimum Gasteiger partial charge on any atom is -0.396 e. The average Bonchev–Trinajstić information content (AvgIpc) is 2.22. The Morgan fingerprint density at radius 3 is 2.14 bits per heavy atom. The van der Waals surface area contributed by atoms with Crippen LogP contribution in [0.4, 0.5) is 0 Å². The molecule has 0 fully saturated rings. The molecule has 0 aliphatic rings. The Kier molecular flexibility index (Phi) is 9.49. The highest BCUT2D eigenvalue weighted by molar-refractivity contribution is 4.58. The zero-order valence-corrected chi connectivity index (χ0v) is 10.3. The second-order valence-electron chi connectivity index (χ2n) is 4.64. The maximum Gasteiger partial charge on any atom is 0.0456 e. The first-order valence-electron chi connectivity index (χ1n) is 6.35. The van der Waals surface area contributed by atoms with E-state index < -0.39 is 0 Å². The molecule has 0 spiro atoms. The highest BCUT2D eigenvalue weighted by atomic mass is 16.3. The Morgan fingerprint density at radius 2 is 1.64 bits per heavy atom. The minimum atomic E-state index is 0.353. The lowest BCUT2D eigenvalue weighted by Crippen LogP contribution is -2.02. The summed E-state index contributed by atoms with van der Waals surface area (Å²) in [5, 5.41) is 8.87. The standard InChI is InChI=1S/C13H28O/c1-4-8-13(5-2)10-7-6-9-12(3)11-14/h12-14H,4-11H2,1-3H3/t12-,13-/m0/s1. The third-order valence-electron chi connectivity index (χ3n) is 3.15. The van der Waals surface area contributed by atoms with Crippen LogP contribution in [0.3, 0.4) is 0 Å². The maximum atomic E-state index is 8.87. The van der Waals surface area contributed by atoms with Gasteiger partial charge in [0.1, 0.15) is 0 Å². The summed E-state index contributed by atoms with van der Waals surface area (Å²) in [5.74, 6) is 1.45. The van der Waals surface area contributed by atoms with Crippen molar-refractivity contribution in [3.05, 3.63) is 0 Å². The van der Waals surface area contributed by atoms with Crippen LogP contribution in [0.15, 0.2) is 0 Å². The van der Waals surface area contributed by atoms with E-state index in [9.17, 15) is 0 Å². The molecule has 0 heterocycles. The quantitative estimate of drug-likeness (QED) is 0.558. The molecule has 0 saturated heterocycles. The van der Waals surface area contributed by atoms with Crippen LogP contribution in [-0.2, 0) is 0 Å². The third kappa shape index (κ3) is 7.37. The lowest BCUT2D eigenvalue weighted by molar-refractivity contribution is 0.226. The van der Waals surface area contributed by atoms with E-state index in [1.54, 1.807) is 0 Å². The Morgan fingerprint density at radius 1 is 1.00 bits per heavy atom. The van der Waals surface area contributed by atoms with Gasteiger partial charge in [0.2, 0.25) is 0 Å². The van der Waals surface area contributed by atoms with Gasteiger partial charge in [-0.1, -0.05) is 59.3 Å². The molecule has 0 aromatic heterocycles. The van der Waals surface area contributed by atoms with E-state index in [0.29, 0.717) is 12.5 Å². The fraction of sp³-hybridized carbons (Fsp3) is 1.00. The summed E-state index contributed by atoms with van der Waals surface area (Å²) in [5.41, 5.74) is 0. The Labute approximate surface area is 89.9 Å². The average molecular weight is 200 g/mol. The second kappa shape index (κ2) is 9.51. The van der Waals surface area contributed by atoms with E-state index >= 15 is 0 Å². The van der Waals surface area contributed by atoms with Crippen molar-refractivity contribution in [1.29, 1.82) is 0 Å². The molecule has 2 atom stereocenters. The minimum absolute atomic E-state index is 0.353. The summed E-state index contributed by atoms with van der Waals surface area (Å²) in [6.07, 6.45) is 9.29. The molecule has 0 aliphatic carbocycles. The van der Waals surface area contributed by atoms with E-state index in [4.69, 9.17) is 5.11 Å². The Hall–Kier alpha value is -0.0400. The molecule has 0 aromatic carbocycles. The van der Waals surface area contributed by atoms with Crippen LogP contribution in [0.2, 0.25) is 0 Å². The molecular weight excluding hydrogens is 172 g/mol. The number of hydrogen-bond acceptors (Lipinski definition) is 1. The molecule has 0 saturated carbocycles. The lowest BCUT2D eigenvalue weighted by atomic mass is 9.93. The molecule has 0 aromatic rings. The molecule has 1 heteroatoms. The molecule has 1 nitrogen and oxygen atoms in total. The van der Waals surface area contributed by atoms with Crippen LogP contribution in [0.25, 0.3) is 0 Å². The fourth-order valence-electron chi connectivity index (χ4n) is 1.98. The summed E-state index contributed by atoms with van der Waals surface area (Å²) in [7, 11) is 0. The molecule has 0 bridgehead atoms. The van der Waals surface area contributed by atoms with Gasteiger partial charge in [0, 0.05) is 6.61 Å². The van der Waals surface area contributed by atoms with Crippen molar-refractivity contribution in [1.82, 2.24) is 0 Å². The van der Waals surface area contributed by atoms with Crippen molar-refractivity contribution < 1.29 is 5.11 Å². The molecule has 0 unspecified atom stereocenters. The second-order valence-corrected chi connectivity index (χ2v) is 4.64. The summed E-state index contributed by atoms with van der Waals surface area (Å²) in [6.45, 7) is 7.06. The van der Waals surface area contributed by atoms with Crippen LogP contribution in [-0.4, -0.2) is 11.7 Å². The zero-order chi connectivity index (χ0) is 10.8. The van der Waals surface area contributed by atoms with Crippen LogP contribution >= 0.6 is 0 Å². The van der Waals surface area contributed by atoms with Gasteiger partial charge in [-0.15, -0.1) is 0 Å². The monoisotopic (exact) mass is 200 g/mol. The lowest BCUT2D eigenvalue weighted by Gasteiger charge is -2.14. The zero-order valence-electron chi connectivity index (χ0n) is 10.3. The number of rotatable bonds is 9. The number of aliphatic hydroxyl groups excluding tert-OH is 1. The SMILES string of the molecule is CCC[C@H](CC)CCCC[C@H](C)CO. The smallest absolute Gasteiger partial charge is 0.0456 e. The van der Waals surface area contributed by atoms with Gasteiger partial charge in [-0.05, 0) is 18.3 Å². The highest BCUT2D eigenvalue weighted by Gasteiger charge is 2.05. The summed E-state index contributed by atoms with van der Waals surface area (Å²) >= 11 is 0. The van der Waals surface area contributed by atoms with Crippen LogP contribution in [0.5, 0.6) is 0 Å². The van der Waals surface area contributed by atoms with Gasteiger partial charge in [-0.3, -0.25) is 0 Å². The van der Waals surface area contributed by atoms with Gasteiger partial charge in [-0.2, -0.15) is 0 Å². The molecule has 0 rings (SSSR count). The van der Waals surface area contributed by atoms with Gasteiger partial charge < -0.3 is 5.11 Å². The molecule has 0 aliphatic heterocycles. The van der Waals surface area contributed by atoms with E-state index in [2.05, 4.69) is 20.8 Å². The number of unbranched alkanes of at least 4 members (excludes halogenated alkanes) is 1. The predicted octanol–water partition coefficient (Wildman–Crippen LogP) is 4.00. The van der Waals surface area contributed by atoms with Crippen molar-refractivity contribution in [3.8, 4) is 0 Å². The molecule has 1 N–H and O–H groups in total. The number of aliphatic hydroxyl groups is 1. The van der Waals surface area contributed by atoms with Crippen molar-refractivity contribution in [3.63, 3.8) is 0 Å². The first-order chi connectivity index (χ1) is 6.74. The normalized spacial score (nSPS) is 15.4. The van der Waals surface area contributed by atoms with Gasteiger partial charge >= 0.3 is 0 Å². The Bertz CT molecular complexity index is 112.